The van der Waals surface area contributed by atoms with Gasteiger partial charge in [-0.1, -0.05) is 54.6 Å². The molecule has 1 aliphatic carbocycles. The monoisotopic (exact) mass is 392 g/mol. The van der Waals surface area contributed by atoms with Crippen LogP contribution in [0.25, 0.3) is 0 Å². The third-order valence-corrected chi connectivity index (χ3v) is 3.44. The molecule has 0 atom stereocenters. The predicted molar refractivity (Wildman–Crippen MR) is 105 cm³/mol. The fourth-order valence-corrected chi connectivity index (χ4v) is 2.23. The third-order valence-electron chi connectivity index (χ3n) is 3.44. The molecule has 2 nitrogen and oxygen atoms in total. The first kappa shape index (κ1) is 21.1. The van der Waals surface area contributed by atoms with Crippen LogP contribution in [0.3, 0.4) is 0 Å². The molecule has 3 heteroatoms. The number of rotatable bonds is 4. The van der Waals surface area contributed by atoms with Crippen molar-refractivity contribution < 1.29 is 26.8 Å². The van der Waals surface area contributed by atoms with Gasteiger partial charge in [-0.3, -0.25) is 0 Å². The molecule has 0 saturated heterocycles. The standard InChI is InChI=1S/2C12H10O.Cr/c2*1-3-7-11(8-4-1)13-12-9-5-2-6-10-12;/h2*1-10H;/q;-6;. The Bertz CT molecular complexity index is 689. The Hall–Kier alpha value is -2.21. The number of hydrogen-bond acceptors (Lipinski definition) is 2. The molecule has 0 spiro atoms. The van der Waals surface area contributed by atoms with Crippen molar-refractivity contribution in [1.29, 1.82) is 0 Å². The van der Waals surface area contributed by atoms with Crippen LogP contribution in [-0.4, -0.2) is 0 Å². The summed E-state index contributed by atoms with van der Waals surface area (Å²) in [5.74, 6) is 2.61. The molecule has 1 fully saturated rings. The Balaban J connectivity index is 0.000000187. The first-order valence-corrected chi connectivity index (χ1v) is 8.46. The van der Waals surface area contributed by atoms with E-state index in [9.17, 15) is 0 Å². The molecule has 0 bridgehead atoms. The van der Waals surface area contributed by atoms with Crippen LogP contribution in [0, 0.1) is 38.2 Å². The van der Waals surface area contributed by atoms with Gasteiger partial charge in [0.05, 0.1) is 5.75 Å². The van der Waals surface area contributed by atoms with E-state index in [0.717, 1.165) is 23.4 Å². The van der Waals surface area contributed by atoms with E-state index in [1.807, 2.05) is 123 Å². The summed E-state index contributed by atoms with van der Waals surface area (Å²) in [4.78, 5) is 0. The summed E-state index contributed by atoms with van der Waals surface area (Å²) in [6, 6.07) is 29.3. The quantitative estimate of drug-likeness (QED) is 0.499. The van der Waals surface area contributed by atoms with Gasteiger partial charge in [-0.2, -0.15) is 0 Å². The maximum absolute atomic E-state index is 5.58. The minimum Gasteiger partial charge on any atom is -0.725 e. The average molecular weight is 392 g/mol. The fourth-order valence-electron chi connectivity index (χ4n) is 2.23. The normalized spacial score (nSPS) is 13.5. The van der Waals surface area contributed by atoms with Crippen LogP contribution >= 0.6 is 0 Å². The van der Waals surface area contributed by atoms with Crippen LogP contribution in [-0.2, 0) is 17.4 Å². The van der Waals surface area contributed by atoms with E-state index < -0.39 is 0 Å². The second-order valence-corrected chi connectivity index (χ2v) is 5.46. The number of benzene rings is 3. The van der Waals surface area contributed by atoms with E-state index in [4.69, 9.17) is 9.47 Å². The van der Waals surface area contributed by atoms with Gasteiger partial charge in [0.15, 0.2) is 0 Å². The van der Waals surface area contributed by atoms with Crippen LogP contribution in [0.5, 0.6) is 17.2 Å². The summed E-state index contributed by atoms with van der Waals surface area (Å²) in [5.41, 5.74) is 0. The SMILES string of the molecule is [Cr].c1ccc(O[C-]2[CH-][CH-][CH-][CH-][CH-]2)cc1.c1ccc(Oc2ccccc2)cc1. The van der Waals surface area contributed by atoms with Crippen molar-refractivity contribution in [2.45, 2.75) is 0 Å². The van der Waals surface area contributed by atoms with Gasteiger partial charge in [-0.05, 0) is 36.4 Å². The fraction of sp³-hybridized carbons (Fsp3) is 0. The summed E-state index contributed by atoms with van der Waals surface area (Å²) in [5, 5.41) is 0. The average Bonchev–Trinajstić information content (AvgIpc) is 2.72. The van der Waals surface area contributed by atoms with E-state index in [1.165, 1.54) is 0 Å². The largest absolute Gasteiger partial charge is 0.725 e. The van der Waals surface area contributed by atoms with Crippen LogP contribution < -0.4 is 9.47 Å². The Morgan fingerprint density at radius 3 is 1.37 bits per heavy atom. The Kier molecular flexibility index (Phi) is 9.55. The zero-order chi connectivity index (χ0) is 17.9. The predicted octanol–water partition coefficient (Wildman–Crippen LogP) is 6.11. The van der Waals surface area contributed by atoms with Crippen molar-refractivity contribution in [3.05, 3.63) is 129 Å². The summed E-state index contributed by atoms with van der Waals surface area (Å²) in [6.45, 7) is 0. The van der Waals surface area contributed by atoms with Gasteiger partial charge >= 0.3 is 0 Å². The minimum atomic E-state index is 0. The molecular formula is C24H20CrO2-6. The molecule has 3 aromatic carbocycles. The molecule has 3 aromatic rings. The van der Waals surface area contributed by atoms with Crippen molar-refractivity contribution >= 4 is 0 Å². The molecule has 27 heavy (non-hydrogen) atoms. The van der Waals surface area contributed by atoms with Crippen molar-refractivity contribution in [2.75, 3.05) is 0 Å². The van der Waals surface area contributed by atoms with Gasteiger partial charge in [0.2, 0.25) is 0 Å². The molecule has 0 aliphatic heterocycles. The van der Waals surface area contributed by atoms with Crippen LogP contribution in [0.2, 0.25) is 0 Å². The Morgan fingerprint density at radius 1 is 0.519 bits per heavy atom. The van der Waals surface area contributed by atoms with Crippen molar-refractivity contribution in [3.8, 4) is 17.2 Å². The molecule has 140 valence electrons. The third kappa shape index (κ3) is 7.91. The smallest absolute Gasteiger partial charge is 0.127 e. The topological polar surface area (TPSA) is 18.5 Å². The molecule has 0 unspecified atom stereocenters. The second-order valence-electron chi connectivity index (χ2n) is 5.46. The van der Waals surface area contributed by atoms with Gasteiger partial charge in [-0.15, -0.1) is 0 Å². The maximum atomic E-state index is 5.58. The van der Waals surface area contributed by atoms with Crippen molar-refractivity contribution in [3.63, 3.8) is 0 Å². The molecule has 1 aliphatic rings. The first-order chi connectivity index (χ1) is 12.9. The summed E-state index contributed by atoms with van der Waals surface area (Å²) in [7, 11) is 0. The van der Waals surface area contributed by atoms with Crippen LogP contribution in [0.15, 0.2) is 91.0 Å². The number of ether oxygens (including phenoxy) is 2. The Morgan fingerprint density at radius 2 is 0.926 bits per heavy atom. The molecule has 0 N–H and O–H groups in total. The van der Waals surface area contributed by atoms with Gasteiger partial charge in [0.1, 0.15) is 11.5 Å². The molecule has 0 amide bonds. The minimum absolute atomic E-state index is 0. The van der Waals surface area contributed by atoms with E-state index >= 15 is 0 Å². The molecule has 4 rings (SSSR count). The summed E-state index contributed by atoms with van der Waals surface area (Å²) >= 11 is 0. The van der Waals surface area contributed by atoms with Crippen molar-refractivity contribution in [1.82, 2.24) is 0 Å². The van der Waals surface area contributed by atoms with Gasteiger partial charge < -0.3 is 47.7 Å². The summed E-state index contributed by atoms with van der Waals surface area (Å²) < 4.78 is 11.2. The molecular weight excluding hydrogens is 372 g/mol. The molecule has 0 heterocycles. The van der Waals surface area contributed by atoms with E-state index in [2.05, 4.69) is 0 Å². The van der Waals surface area contributed by atoms with Crippen molar-refractivity contribution in [2.24, 2.45) is 0 Å². The van der Waals surface area contributed by atoms with E-state index in [-0.39, 0.29) is 17.4 Å². The first-order valence-electron chi connectivity index (χ1n) is 8.46. The zero-order valence-electron chi connectivity index (χ0n) is 14.8. The number of para-hydroxylation sites is 3. The number of hydrogen-bond donors (Lipinski definition) is 0. The molecule has 0 aromatic heterocycles. The van der Waals surface area contributed by atoms with E-state index in [1.54, 1.807) is 0 Å². The Labute approximate surface area is 173 Å². The molecule has 0 radical (unpaired) electrons. The second kappa shape index (κ2) is 12.2. The van der Waals surface area contributed by atoms with Gasteiger partial charge in [-0.25, -0.2) is 0 Å². The van der Waals surface area contributed by atoms with Gasteiger partial charge in [0.25, 0.3) is 0 Å². The molecule has 1 saturated carbocycles. The van der Waals surface area contributed by atoms with Crippen LogP contribution in [0.1, 0.15) is 0 Å². The zero-order valence-corrected chi connectivity index (χ0v) is 16.0. The van der Waals surface area contributed by atoms with Crippen LogP contribution in [0.4, 0.5) is 0 Å². The maximum Gasteiger partial charge on any atom is 0.127 e. The summed E-state index contributed by atoms with van der Waals surface area (Å²) in [6.07, 6.45) is 10.6. The van der Waals surface area contributed by atoms with Gasteiger partial charge in [0, 0.05) is 17.4 Å². The van der Waals surface area contributed by atoms with E-state index in [0.29, 0.717) is 0 Å².